The molecule has 1 atom stereocenters. The predicted octanol–water partition coefficient (Wildman–Crippen LogP) is -0.804. The zero-order valence-electron chi connectivity index (χ0n) is 10.8. The van der Waals surface area contributed by atoms with Gasteiger partial charge in [-0.3, -0.25) is 9.48 Å². The number of nitrogens with zero attached hydrogens (tertiary/aromatic N) is 5. The number of hydrogen-bond acceptors (Lipinski definition) is 6. The van der Waals surface area contributed by atoms with Gasteiger partial charge < -0.3 is 10.4 Å². The van der Waals surface area contributed by atoms with E-state index in [1.54, 1.807) is 10.9 Å². The summed E-state index contributed by atoms with van der Waals surface area (Å²) in [5.74, 6) is -0.327. The van der Waals surface area contributed by atoms with Crippen LogP contribution in [0.2, 0.25) is 0 Å². The third-order valence-corrected chi connectivity index (χ3v) is 3.43. The lowest BCUT2D eigenvalue weighted by molar-refractivity contribution is 0.0922. The van der Waals surface area contributed by atoms with Crippen LogP contribution in [0, 0.1) is 0 Å². The van der Waals surface area contributed by atoms with Crippen molar-refractivity contribution in [1.82, 2.24) is 35.7 Å². The molecule has 20 heavy (non-hydrogen) atoms. The van der Waals surface area contributed by atoms with Gasteiger partial charge in [0.1, 0.15) is 0 Å². The van der Waals surface area contributed by atoms with E-state index in [1.165, 1.54) is 0 Å². The van der Waals surface area contributed by atoms with Gasteiger partial charge >= 0.3 is 0 Å². The van der Waals surface area contributed by atoms with Crippen molar-refractivity contribution in [3.05, 3.63) is 23.3 Å². The van der Waals surface area contributed by atoms with Crippen LogP contribution in [0.5, 0.6) is 0 Å². The molecule has 2 aromatic rings. The lowest BCUT2D eigenvalue weighted by Crippen LogP contribution is -2.31. The molecular weight excluding hydrogens is 262 g/mol. The van der Waals surface area contributed by atoms with Gasteiger partial charge in [-0.1, -0.05) is 0 Å². The average Bonchev–Trinajstić information content (AvgIpc) is 3.09. The smallest absolute Gasteiger partial charge is 0.293 e. The second kappa shape index (κ2) is 5.37. The second-order valence-electron chi connectivity index (χ2n) is 4.65. The van der Waals surface area contributed by atoms with E-state index >= 15 is 0 Å². The number of tetrazole rings is 1. The summed E-state index contributed by atoms with van der Waals surface area (Å²) < 4.78 is 1.79. The molecule has 0 radical (unpaired) electrons. The maximum Gasteiger partial charge on any atom is 0.293 e. The number of aliphatic hydroxyl groups is 1. The Morgan fingerprint density at radius 3 is 3.25 bits per heavy atom. The fraction of sp³-hybridized carbons (Fsp3) is 0.545. The lowest BCUT2D eigenvalue weighted by atomic mass is 9.93. The van der Waals surface area contributed by atoms with Crippen LogP contribution in [-0.4, -0.2) is 48.0 Å². The molecule has 0 spiro atoms. The average molecular weight is 277 g/mol. The normalized spacial score (nSPS) is 17.8. The Kier molecular flexibility index (Phi) is 3.42. The molecule has 2 aromatic heterocycles. The van der Waals surface area contributed by atoms with Gasteiger partial charge in [0, 0.05) is 11.3 Å². The molecular formula is C11H15N7O2. The largest absolute Gasteiger partial charge is 0.394 e. The molecule has 9 heteroatoms. The highest BCUT2D eigenvalue weighted by Gasteiger charge is 2.26. The number of fused-ring (bicyclic) bond motifs is 1. The monoisotopic (exact) mass is 277 g/mol. The molecule has 3 rings (SSSR count). The summed E-state index contributed by atoms with van der Waals surface area (Å²) in [5, 5.41) is 29.1. The summed E-state index contributed by atoms with van der Waals surface area (Å²) in [5.41, 5.74) is 2.07. The van der Waals surface area contributed by atoms with Crippen LogP contribution in [0.3, 0.4) is 0 Å². The molecule has 1 aliphatic rings. The molecule has 1 aliphatic carbocycles. The fourth-order valence-electron chi connectivity index (χ4n) is 2.54. The minimum absolute atomic E-state index is 0.0277. The lowest BCUT2D eigenvalue weighted by Gasteiger charge is -2.23. The molecule has 0 aromatic carbocycles. The minimum Gasteiger partial charge on any atom is -0.394 e. The van der Waals surface area contributed by atoms with Crippen LogP contribution in [0.25, 0.3) is 0 Å². The molecule has 0 saturated carbocycles. The summed E-state index contributed by atoms with van der Waals surface area (Å²) in [4.78, 5) is 12.0. The standard InChI is InChI=1S/C11H15N7O2/c19-5-4-18-9-3-1-2-8(7(9)6-12-18)13-11(20)10-14-16-17-15-10/h6,8,19H,1-5H2,(H,13,20)(H,14,15,16,17). The van der Waals surface area contributed by atoms with Crippen LogP contribution in [0.4, 0.5) is 0 Å². The van der Waals surface area contributed by atoms with Crippen LogP contribution >= 0.6 is 0 Å². The first-order valence-electron chi connectivity index (χ1n) is 6.49. The maximum atomic E-state index is 12.0. The molecule has 9 nitrogen and oxygen atoms in total. The highest BCUT2D eigenvalue weighted by atomic mass is 16.3. The van der Waals surface area contributed by atoms with Crippen molar-refractivity contribution in [2.75, 3.05) is 6.61 Å². The Balaban J connectivity index is 1.78. The van der Waals surface area contributed by atoms with Crippen molar-refractivity contribution < 1.29 is 9.90 Å². The number of amides is 1. The summed E-state index contributed by atoms with van der Waals surface area (Å²) in [6, 6.07) is -0.0998. The Bertz CT molecular complexity index is 592. The zero-order valence-corrected chi connectivity index (χ0v) is 10.8. The van der Waals surface area contributed by atoms with Gasteiger partial charge in [0.05, 0.1) is 25.4 Å². The molecule has 106 valence electrons. The molecule has 0 fully saturated rings. The second-order valence-corrected chi connectivity index (χ2v) is 4.65. The number of aliphatic hydroxyl groups excluding tert-OH is 1. The van der Waals surface area contributed by atoms with Crippen LogP contribution in [-0.2, 0) is 13.0 Å². The zero-order chi connectivity index (χ0) is 13.9. The number of nitrogens with one attached hydrogen (secondary N) is 2. The first kappa shape index (κ1) is 12.7. The molecule has 0 bridgehead atoms. The predicted molar refractivity (Wildman–Crippen MR) is 66.6 cm³/mol. The summed E-state index contributed by atoms with van der Waals surface area (Å²) in [6.45, 7) is 0.523. The van der Waals surface area contributed by atoms with E-state index in [2.05, 4.69) is 31.0 Å². The van der Waals surface area contributed by atoms with E-state index < -0.39 is 0 Å². The van der Waals surface area contributed by atoms with Crippen LogP contribution < -0.4 is 5.32 Å². The third kappa shape index (κ3) is 2.27. The third-order valence-electron chi connectivity index (χ3n) is 3.43. The fourth-order valence-corrected chi connectivity index (χ4v) is 2.54. The van der Waals surface area contributed by atoms with Gasteiger partial charge in [-0.05, 0) is 24.5 Å². The van der Waals surface area contributed by atoms with Crippen molar-refractivity contribution in [1.29, 1.82) is 0 Å². The summed E-state index contributed by atoms with van der Waals surface area (Å²) >= 11 is 0. The SMILES string of the molecule is O=C(NC1CCCc2c1cnn2CCO)c1nn[nH]n1. The molecule has 2 heterocycles. The number of aromatic amines is 1. The number of rotatable bonds is 4. The van der Waals surface area contributed by atoms with Gasteiger partial charge in [-0.2, -0.15) is 10.3 Å². The van der Waals surface area contributed by atoms with E-state index in [9.17, 15) is 4.79 Å². The molecule has 1 unspecified atom stereocenters. The van der Waals surface area contributed by atoms with E-state index in [4.69, 9.17) is 5.11 Å². The summed E-state index contributed by atoms with van der Waals surface area (Å²) in [6.07, 6.45) is 4.47. The van der Waals surface area contributed by atoms with Gasteiger partial charge in [0.25, 0.3) is 11.7 Å². The van der Waals surface area contributed by atoms with Crippen molar-refractivity contribution >= 4 is 5.91 Å². The quantitative estimate of drug-likeness (QED) is 0.672. The topological polar surface area (TPSA) is 122 Å². The first-order valence-corrected chi connectivity index (χ1v) is 6.49. The Hall–Kier alpha value is -2.29. The Morgan fingerprint density at radius 1 is 1.60 bits per heavy atom. The van der Waals surface area contributed by atoms with Gasteiger partial charge in [0.2, 0.25) is 0 Å². The van der Waals surface area contributed by atoms with Crippen molar-refractivity contribution in [2.24, 2.45) is 0 Å². The van der Waals surface area contributed by atoms with E-state index in [0.29, 0.717) is 6.54 Å². The number of H-pyrrole nitrogens is 1. The number of carbonyl (C=O) groups excluding carboxylic acids is 1. The number of hydrogen-bond donors (Lipinski definition) is 3. The van der Waals surface area contributed by atoms with E-state index in [0.717, 1.165) is 30.5 Å². The van der Waals surface area contributed by atoms with Crippen LogP contribution in [0.15, 0.2) is 6.20 Å². The highest BCUT2D eigenvalue weighted by Crippen LogP contribution is 2.29. The molecule has 1 amide bonds. The maximum absolute atomic E-state index is 12.0. The highest BCUT2D eigenvalue weighted by molar-refractivity contribution is 5.90. The van der Waals surface area contributed by atoms with Crippen LogP contribution in [0.1, 0.15) is 40.8 Å². The summed E-state index contributed by atoms with van der Waals surface area (Å²) in [7, 11) is 0. The number of aromatic nitrogens is 6. The van der Waals surface area contributed by atoms with Crippen molar-refractivity contribution in [3.63, 3.8) is 0 Å². The van der Waals surface area contributed by atoms with Crippen molar-refractivity contribution in [2.45, 2.75) is 31.8 Å². The van der Waals surface area contributed by atoms with E-state index in [-0.39, 0.29) is 24.4 Å². The molecule has 0 saturated heterocycles. The van der Waals surface area contributed by atoms with E-state index in [1.807, 2.05) is 0 Å². The Labute approximate surface area is 114 Å². The Morgan fingerprint density at radius 2 is 2.50 bits per heavy atom. The minimum atomic E-state index is -0.355. The van der Waals surface area contributed by atoms with Gasteiger partial charge in [0.15, 0.2) is 0 Å². The molecule has 0 aliphatic heterocycles. The number of carbonyl (C=O) groups is 1. The molecule has 3 N–H and O–H groups in total. The van der Waals surface area contributed by atoms with Crippen molar-refractivity contribution in [3.8, 4) is 0 Å². The van der Waals surface area contributed by atoms with Gasteiger partial charge in [-0.15, -0.1) is 10.2 Å². The first-order chi connectivity index (χ1) is 9.79. The van der Waals surface area contributed by atoms with Gasteiger partial charge in [-0.25, -0.2) is 0 Å².